The Bertz CT molecular complexity index is 215. The van der Waals surface area contributed by atoms with Gasteiger partial charge in [0.2, 0.25) is 0 Å². The number of carbonyl (C=O) groups excluding carboxylic acids is 1. The highest BCUT2D eigenvalue weighted by Gasteiger charge is 2.43. The molecule has 0 aromatic carbocycles. The van der Waals surface area contributed by atoms with Crippen molar-refractivity contribution in [2.75, 3.05) is 19.0 Å². The van der Waals surface area contributed by atoms with Gasteiger partial charge in [0.25, 0.3) is 5.79 Å². The number of aliphatic hydroxyl groups excluding tert-OH is 4. The van der Waals surface area contributed by atoms with Gasteiger partial charge in [-0.3, -0.25) is 4.79 Å². The van der Waals surface area contributed by atoms with Crippen LogP contribution in [0.5, 0.6) is 0 Å². The average molecular weight is 256 g/mol. The molecule has 0 fully saturated rings. The second-order valence-electron chi connectivity index (χ2n) is 3.13. The quantitative estimate of drug-likeness (QED) is 0.154. The molecule has 0 amide bonds. The number of thiol groups is 1. The van der Waals surface area contributed by atoms with E-state index in [1.807, 2.05) is 0 Å². The normalized spacial score (nSPS) is 20.9. The third-order valence-corrected chi connectivity index (χ3v) is 2.10. The van der Waals surface area contributed by atoms with Gasteiger partial charge in [0.05, 0.1) is 13.2 Å². The van der Waals surface area contributed by atoms with Gasteiger partial charge < -0.3 is 30.3 Å². The Balaban J connectivity index is 4.61. The van der Waals surface area contributed by atoms with Crippen LogP contribution in [0, 0.1) is 0 Å². The summed E-state index contributed by atoms with van der Waals surface area (Å²) in [5.41, 5.74) is 0. The van der Waals surface area contributed by atoms with Crippen molar-refractivity contribution in [3.8, 4) is 0 Å². The van der Waals surface area contributed by atoms with Gasteiger partial charge >= 0.3 is 0 Å². The van der Waals surface area contributed by atoms with E-state index in [4.69, 9.17) is 10.2 Å². The smallest absolute Gasteiger partial charge is 0.253 e. The number of hydrogen-bond acceptors (Lipinski definition) is 8. The first-order valence-corrected chi connectivity index (χ1v) is 5.14. The van der Waals surface area contributed by atoms with Gasteiger partial charge in [0.1, 0.15) is 18.3 Å². The van der Waals surface area contributed by atoms with Crippen molar-refractivity contribution >= 4 is 18.9 Å². The van der Waals surface area contributed by atoms with Crippen molar-refractivity contribution in [2.45, 2.75) is 24.1 Å². The van der Waals surface area contributed by atoms with Crippen LogP contribution in [-0.4, -0.2) is 74.9 Å². The third-order valence-electron chi connectivity index (χ3n) is 1.92. The fourth-order valence-electron chi connectivity index (χ4n) is 0.961. The lowest BCUT2D eigenvalue weighted by Crippen LogP contribution is -2.56. The molecule has 0 aliphatic carbocycles. The summed E-state index contributed by atoms with van der Waals surface area (Å²) in [7, 11) is 0. The van der Waals surface area contributed by atoms with E-state index in [0.29, 0.717) is 0 Å². The standard InChI is InChI=1S/C8H16O7S/c9-3-5(11)6(12)7(13)8(14,4-10)15-1-2-16/h4-7,9,11-14,16H,1-3H2/t5-,6-,7+,8-/m1/s1. The summed E-state index contributed by atoms with van der Waals surface area (Å²) in [6, 6.07) is 0. The largest absolute Gasteiger partial charge is 0.394 e. The number of hydrogen-bond donors (Lipinski definition) is 6. The average Bonchev–Trinajstić information content (AvgIpc) is 2.32. The topological polar surface area (TPSA) is 127 Å². The summed E-state index contributed by atoms with van der Waals surface area (Å²) in [4.78, 5) is 10.6. The molecule has 0 aromatic rings. The van der Waals surface area contributed by atoms with Gasteiger partial charge in [0, 0.05) is 5.75 Å². The van der Waals surface area contributed by atoms with Crippen LogP contribution in [0.25, 0.3) is 0 Å². The Kier molecular flexibility index (Phi) is 7.07. The van der Waals surface area contributed by atoms with Crippen molar-refractivity contribution in [3.05, 3.63) is 0 Å². The zero-order valence-corrected chi connectivity index (χ0v) is 9.32. The van der Waals surface area contributed by atoms with Gasteiger partial charge in [-0.1, -0.05) is 0 Å². The van der Waals surface area contributed by atoms with Crippen molar-refractivity contribution < 1.29 is 35.1 Å². The number of aliphatic hydroxyl groups is 5. The second kappa shape index (κ2) is 7.17. The highest BCUT2D eigenvalue weighted by atomic mass is 32.1. The first-order chi connectivity index (χ1) is 7.42. The minimum absolute atomic E-state index is 0.103. The second-order valence-corrected chi connectivity index (χ2v) is 3.57. The van der Waals surface area contributed by atoms with Crippen molar-refractivity contribution in [2.24, 2.45) is 0 Å². The number of ether oxygens (including phenoxy) is 1. The fourth-order valence-corrected chi connectivity index (χ4v) is 1.05. The van der Waals surface area contributed by atoms with Gasteiger partial charge in [-0.05, 0) is 0 Å². The maximum Gasteiger partial charge on any atom is 0.253 e. The summed E-state index contributed by atoms with van der Waals surface area (Å²) >= 11 is 3.76. The molecule has 0 rings (SSSR count). The molecule has 4 atom stereocenters. The number of rotatable bonds is 8. The summed E-state index contributed by atoms with van der Waals surface area (Å²) in [5.74, 6) is -2.46. The van der Waals surface area contributed by atoms with Crippen LogP contribution < -0.4 is 0 Å². The first-order valence-electron chi connectivity index (χ1n) is 4.51. The monoisotopic (exact) mass is 256 g/mol. The molecule has 5 N–H and O–H groups in total. The van der Waals surface area contributed by atoms with E-state index in [-0.39, 0.29) is 18.6 Å². The summed E-state index contributed by atoms with van der Waals surface area (Å²) in [5, 5.41) is 45.7. The van der Waals surface area contributed by atoms with E-state index in [2.05, 4.69) is 17.4 Å². The van der Waals surface area contributed by atoms with E-state index in [0.717, 1.165) is 0 Å². The Labute approximate surface area is 97.7 Å². The molecule has 0 radical (unpaired) electrons. The zero-order valence-electron chi connectivity index (χ0n) is 8.43. The molecule has 0 bridgehead atoms. The molecule has 16 heavy (non-hydrogen) atoms. The Morgan fingerprint density at radius 3 is 2.31 bits per heavy atom. The van der Waals surface area contributed by atoms with Crippen LogP contribution in [0.1, 0.15) is 0 Å². The van der Waals surface area contributed by atoms with Crippen molar-refractivity contribution in [1.82, 2.24) is 0 Å². The summed E-state index contributed by atoms with van der Waals surface area (Å²) in [6.45, 7) is -0.975. The first kappa shape index (κ1) is 15.8. The zero-order chi connectivity index (χ0) is 12.8. The molecule has 0 aliphatic heterocycles. The van der Waals surface area contributed by atoms with Crippen LogP contribution in [0.15, 0.2) is 0 Å². The molecule has 96 valence electrons. The van der Waals surface area contributed by atoms with Gasteiger partial charge in [-0.15, -0.1) is 0 Å². The van der Waals surface area contributed by atoms with E-state index < -0.39 is 30.7 Å². The van der Waals surface area contributed by atoms with Crippen molar-refractivity contribution in [1.29, 1.82) is 0 Å². The van der Waals surface area contributed by atoms with Crippen LogP contribution >= 0.6 is 12.6 Å². The van der Waals surface area contributed by atoms with Gasteiger partial charge in [-0.2, -0.15) is 12.6 Å². The van der Waals surface area contributed by atoms with Crippen LogP contribution in [-0.2, 0) is 9.53 Å². The summed E-state index contributed by atoms with van der Waals surface area (Å²) in [6.07, 6.45) is -5.79. The Morgan fingerprint density at radius 1 is 1.38 bits per heavy atom. The molecular formula is C8H16O7S. The lowest BCUT2D eigenvalue weighted by molar-refractivity contribution is -0.257. The van der Waals surface area contributed by atoms with E-state index in [9.17, 15) is 20.1 Å². The SMILES string of the molecule is O=C[C@@](O)(OCCS)[C@@H](O)[C@H](O)[C@H](O)CO. The van der Waals surface area contributed by atoms with Crippen LogP contribution in [0.3, 0.4) is 0 Å². The van der Waals surface area contributed by atoms with Gasteiger partial charge in [-0.25, -0.2) is 0 Å². The number of aldehydes is 1. The minimum atomic E-state index is -2.64. The highest BCUT2D eigenvalue weighted by Crippen LogP contribution is 2.16. The predicted molar refractivity (Wildman–Crippen MR) is 55.9 cm³/mol. The molecule has 0 heterocycles. The Hall–Kier alpha value is -0.220. The van der Waals surface area contributed by atoms with Crippen molar-refractivity contribution in [3.63, 3.8) is 0 Å². The number of carbonyl (C=O) groups is 1. The van der Waals surface area contributed by atoms with Crippen LogP contribution in [0.2, 0.25) is 0 Å². The third kappa shape index (κ3) is 3.98. The Morgan fingerprint density at radius 2 is 1.94 bits per heavy atom. The molecule has 0 aromatic heterocycles. The lowest BCUT2D eigenvalue weighted by atomic mass is 10.0. The van der Waals surface area contributed by atoms with E-state index in [1.54, 1.807) is 0 Å². The molecule has 0 unspecified atom stereocenters. The highest BCUT2D eigenvalue weighted by molar-refractivity contribution is 7.80. The van der Waals surface area contributed by atoms with E-state index >= 15 is 0 Å². The van der Waals surface area contributed by atoms with Gasteiger partial charge in [0.15, 0.2) is 6.29 Å². The molecule has 0 saturated carbocycles. The molecule has 0 spiro atoms. The molecule has 8 heteroatoms. The molecule has 0 aliphatic rings. The molecule has 0 saturated heterocycles. The maximum absolute atomic E-state index is 10.6. The molecular weight excluding hydrogens is 240 g/mol. The predicted octanol–water partition coefficient (Wildman–Crippen LogP) is -3.10. The fraction of sp³-hybridized carbons (Fsp3) is 0.875. The molecule has 7 nitrogen and oxygen atoms in total. The lowest BCUT2D eigenvalue weighted by Gasteiger charge is -2.31. The minimum Gasteiger partial charge on any atom is -0.394 e. The van der Waals surface area contributed by atoms with E-state index in [1.165, 1.54) is 0 Å². The summed E-state index contributed by atoms with van der Waals surface area (Å²) < 4.78 is 4.61. The van der Waals surface area contributed by atoms with Crippen LogP contribution in [0.4, 0.5) is 0 Å². The maximum atomic E-state index is 10.6.